The van der Waals surface area contributed by atoms with Gasteiger partial charge in [-0.25, -0.2) is 4.98 Å². The quantitative estimate of drug-likeness (QED) is 0.465. The molecule has 1 aromatic heterocycles. The van der Waals surface area contributed by atoms with Crippen molar-refractivity contribution in [2.24, 2.45) is 0 Å². The van der Waals surface area contributed by atoms with Crippen LogP contribution in [-0.4, -0.2) is 36.6 Å². The Labute approximate surface area is 166 Å². The van der Waals surface area contributed by atoms with Gasteiger partial charge in [0.25, 0.3) is 0 Å². The molecule has 0 radical (unpaired) electrons. The zero-order chi connectivity index (χ0) is 19.3. The number of hydrogen-bond donors (Lipinski definition) is 0. The number of esters is 1. The first-order valence-corrected chi connectivity index (χ1v) is 9.93. The molecule has 0 spiro atoms. The molecule has 144 valence electrons. The Kier molecular flexibility index (Phi) is 5.53. The van der Waals surface area contributed by atoms with Crippen molar-refractivity contribution in [3.63, 3.8) is 0 Å². The van der Waals surface area contributed by atoms with E-state index in [1.807, 2.05) is 24.3 Å². The van der Waals surface area contributed by atoms with Crippen LogP contribution in [0.4, 0.5) is 0 Å². The van der Waals surface area contributed by atoms with Gasteiger partial charge in [-0.05, 0) is 30.3 Å². The van der Waals surface area contributed by atoms with Crippen LogP contribution in [0.2, 0.25) is 0 Å². The van der Waals surface area contributed by atoms with E-state index in [-0.39, 0.29) is 18.8 Å². The maximum Gasteiger partial charge on any atom is 0.306 e. The highest BCUT2D eigenvalue weighted by Gasteiger charge is 2.16. The van der Waals surface area contributed by atoms with Crippen molar-refractivity contribution in [1.29, 1.82) is 0 Å². The molecular weight excluding hydrogens is 378 g/mol. The maximum atomic E-state index is 12.3. The molecule has 1 aliphatic rings. The molecule has 0 saturated heterocycles. The number of hydrogen-bond acceptors (Lipinski definition) is 7. The van der Waals surface area contributed by atoms with Crippen LogP contribution < -0.4 is 9.47 Å². The number of aromatic nitrogens is 1. The number of para-hydroxylation sites is 1. The molecule has 0 fully saturated rings. The van der Waals surface area contributed by atoms with Crippen molar-refractivity contribution in [2.45, 2.75) is 19.3 Å². The molecule has 0 unspecified atom stereocenters. The summed E-state index contributed by atoms with van der Waals surface area (Å²) in [6, 6.07) is 12.9. The van der Waals surface area contributed by atoms with E-state index in [9.17, 15) is 9.59 Å². The van der Waals surface area contributed by atoms with Crippen molar-refractivity contribution >= 4 is 33.3 Å². The average molecular weight is 397 g/mol. The highest BCUT2D eigenvalue weighted by Crippen LogP contribution is 2.30. The fourth-order valence-corrected chi connectivity index (χ4v) is 3.84. The average Bonchev–Trinajstić information content (AvgIpc) is 2.99. The van der Waals surface area contributed by atoms with E-state index in [1.54, 1.807) is 29.5 Å². The monoisotopic (exact) mass is 397 g/mol. The van der Waals surface area contributed by atoms with Crippen molar-refractivity contribution in [3.8, 4) is 11.5 Å². The van der Waals surface area contributed by atoms with Gasteiger partial charge < -0.3 is 14.2 Å². The Balaban J connectivity index is 1.29. The third kappa shape index (κ3) is 4.31. The normalized spacial score (nSPS) is 13.1. The molecule has 2 aromatic carbocycles. The van der Waals surface area contributed by atoms with E-state index in [1.165, 1.54) is 0 Å². The molecule has 3 aromatic rings. The Hall–Kier alpha value is -2.93. The molecule has 4 rings (SSSR count). The molecule has 6 nitrogen and oxygen atoms in total. The smallest absolute Gasteiger partial charge is 0.306 e. The standard InChI is InChI=1S/C21H19NO5S/c23-16(14-6-7-17-18(12-14)26-11-3-10-25-17)13-27-21(24)9-8-20-22-15-4-1-2-5-19(15)28-20/h1-2,4-7,12H,3,8-11,13H2. The minimum absolute atomic E-state index is 0.189. The van der Waals surface area contributed by atoms with Gasteiger partial charge in [0, 0.05) is 18.4 Å². The van der Waals surface area contributed by atoms with Gasteiger partial charge in [-0.1, -0.05) is 12.1 Å². The van der Waals surface area contributed by atoms with Crippen LogP contribution in [0.25, 0.3) is 10.2 Å². The van der Waals surface area contributed by atoms with E-state index >= 15 is 0 Å². The largest absolute Gasteiger partial charge is 0.490 e. The third-order valence-corrected chi connectivity index (χ3v) is 5.41. The van der Waals surface area contributed by atoms with E-state index in [4.69, 9.17) is 14.2 Å². The summed E-state index contributed by atoms with van der Waals surface area (Å²) in [6.07, 6.45) is 1.48. The number of rotatable bonds is 6. The molecule has 0 atom stereocenters. The van der Waals surface area contributed by atoms with Crippen LogP contribution in [-0.2, 0) is 16.0 Å². The van der Waals surface area contributed by atoms with E-state index < -0.39 is 5.97 Å². The van der Waals surface area contributed by atoms with E-state index in [2.05, 4.69) is 4.98 Å². The summed E-state index contributed by atoms with van der Waals surface area (Å²) in [5, 5.41) is 0.882. The molecule has 0 amide bonds. The number of thiazole rings is 1. The van der Waals surface area contributed by atoms with E-state index in [0.29, 0.717) is 36.7 Å². The van der Waals surface area contributed by atoms with Gasteiger partial charge in [0.15, 0.2) is 23.9 Å². The number of ether oxygens (including phenoxy) is 3. The van der Waals surface area contributed by atoms with Gasteiger partial charge in [0.05, 0.1) is 34.9 Å². The summed E-state index contributed by atoms with van der Waals surface area (Å²) < 4.78 is 17.4. The van der Waals surface area contributed by atoms with Crippen LogP contribution in [0.1, 0.15) is 28.2 Å². The molecule has 0 saturated carbocycles. The molecule has 0 N–H and O–H groups in total. The van der Waals surface area contributed by atoms with Gasteiger partial charge >= 0.3 is 5.97 Å². The molecule has 2 heterocycles. The molecule has 0 bridgehead atoms. The zero-order valence-electron chi connectivity index (χ0n) is 15.2. The summed E-state index contributed by atoms with van der Waals surface area (Å²) in [7, 11) is 0. The number of fused-ring (bicyclic) bond motifs is 2. The first-order valence-electron chi connectivity index (χ1n) is 9.12. The highest BCUT2D eigenvalue weighted by molar-refractivity contribution is 7.18. The summed E-state index contributed by atoms with van der Waals surface area (Å²) in [4.78, 5) is 28.8. The molecule has 0 aliphatic carbocycles. The van der Waals surface area contributed by atoms with Gasteiger partial charge in [-0.3, -0.25) is 9.59 Å². The summed E-state index contributed by atoms with van der Waals surface area (Å²) in [6.45, 7) is 0.844. The first-order chi connectivity index (χ1) is 13.7. The zero-order valence-corrected chi connectivity index (χ0v) is 16.0. The van der Waals surface area contributed by atoms with Gasteiger partial charge in [0.2, 0.25) is 0 Å². The lowest BCUT2D eigenvalue weighted by Crippen LogP contribution is -2.14. The second kappa shape index (κ2) is 8.39. The van der Waals surface area contributed by atoms with Crippen LogP contribution in [0.5, 0.6) is 11.5 Å². The number of aryl methyl sites for hydroxylation is 1. The van der Waals surface area contributed by atoms with Crippen LogP contribution >= 0.6 is 11.3 Å². The van der Waals surface area contributed by atoms with Crippen LogP contribution in [0, 0.1) is 0 Å². The summed E-state index contributed by atoms with van der Waals surface area (Å²) in [5.74, 6) is 0.485. The molecule has 7 heteroatoms. The Morgan fingerprint density at radius 2 is 1.89 bits per heavy atom. The number of ketones is 1. The fraction of sp³-hybridized carbons (Fsp3) is 0.286. The Bertz CT molecular complexity index is 980. The second-order valence-electron chi connectivity index (χ2n) is 6.37. The number of Topliss-reactive ketones (excluding diaryl/α,β-unsaturated/α-hetero) is 1. The predicted octanol–water partition coefficient (Wildman–Crippen LogP) is 3.82. The van der Waals surface area contributed by atoms with E-state index in [0.717, 1.165) is 21.6 Å². The predicted molar refractivity (Wildman–Crippen MR) is 105 cm³/mol. The molecule has 1 aliphatic heterocycles. The van der Waals surface area contributed by atoms with Gasteiger partial charge in [-0.15, -0.1) is 11.3 Å². The highest BCUT2D eigenvalue weighted by atomic mass is 32.1. The minimum atomic E-state index is -0.415. The van der Waals surface area contributed by atoms with Crippen LogP contribution in [0.3, 0.4) is 0 Å². The topological polar surface area (TPSA) is 74.7 Å². The number of benzene rings is 2. The SMILES string of the molecule is O=C(CCc1nc2ccccc2s1)OCC(=O)c1ccc2c(c1)OCCCO2. The van der Waals surface area contributed by atoms with Crippen molar-refractivity contribution in [3.05, 3.63) is 53.0 Å². The van der Waals surface area contributed by atoms with Crippen molar-refractivity contribution in [2.75, 3.05) is 19.8 Å². The molecule has 28 heavy (non-hydrogen) atoms. The summed E-state index contributed by atoms with van der Waals surface area (Å²) in [5.41, 5.74) is 1.36. The minimum Gasteiger partial charge on any atom is -0.490 e. The first kappa shape index (κ1) is 18.4. The number of nitrogens with zero attached hydrogens (tertiary/aromatic N) is 1. The van der Waals surface area contributed by atoms with Crippen LogP contribution in [0.15, 0.2) is 42.5 Å². The lowest BCUT2D eigenvalue weighted by molar-refractivity contribution is -0.142. The maximum absolute atomic E-state index is 12.3. The summed E-state index contributed by atoms with van der Waals surface area (Å²) >= 11 is 1.56. The molecular formula is C21H19NO5S. The van der Waals surface area contributed by atoms with Crippen molar-refractivity contribution in [1.82, 2.24) is 4.98 Å². The number of carbonyl (C=O) groups excluding carboxylic acids is 2. The Morgan fingerprint density at radius 3 is 2.75 bits per heavy atom. The second-order valence-corrected chi connectivity index (χ2v) is 7.49. The number of carbonyl (C=O) groups is 2. The lowest BCUT2D eigenvalue weighted by atomic mass is 10.1. The van der Waals surface area contributed by atoms with Crippen molar-refractivity contribution < 1.29 is 23.8 Å². The van der Waals surface area contributed by atoms with Gasteiger partial charge in [-0.2, -0.15) is 0 Å². The van der Waals surface area contributed by atoms with Gasteiger partial charge in [0.1, 0.15) is 0 Å². The third-order valence-electron chi connectivity index (χ3n) is 4.31. The fourth-order valence-electron chi connectivity index (χ4n) is 2.87. The lowest BCUT2D eigenvalue weighted by Gasteiger charge is -2.09. The Morgan fingerprint density at radius 1 is 1.07 bits per heavy atom.